The molecular formula is C18H21F3N2O4. The third kappa shape index (κ3) is 4.98. The molecule has 2 bridgehead atoms. The van der Waals surface area contributed by atoms with Crippen molar-refractivity contribution >= 4 is 11.9 Å². The molecule has 2 aliphatic heterocycles. The molecule has 6 nitrogen and oxygen atoms in total. The molecule has 0 unspecified atom stereocenters. The van der Waals surface area contributed by atoms with Crippen molar-refractivity contribution in [1.82, 2.24) is 9.80 Å². The van der Waals surface area contributed by atoms with Crippen LogP contribution in [0, 0.1) is 5.92 Å². The Balaban J connectivity index is 1.69. The van der Waals surface area contributed by atoms with E-state index in [0.717, 1.165) is 12.1 Å². The van der Waals surface area contributed by atoms with Gasteiger partial charge in [0.1, 0.15) is 0 Å². The molecule has 2 saturated heterocycles. The molecule has 2 aliphatic rings. The van der Waals surface area contributed by atoms with Gasteiger partial charge in [0.05, 0.1) is 37.8 Å². The molecule has 2 heterocycles. The van der Waals surface area contributed by atoms with Gasteiger partial charge in [-0.2, -0.15) is 13.2 Å². The highest BCUT2D eigenvalue weighted by Crippen LogP contribution is 2.29. The maximum absolute atomic E-state index is 12.8. The molecule has 0 radical (unpaired) electrons. The van der Waals surface area contributed by atoms with Crippen LogP contribution in [0.5, 0.6) is 0 Å². The van der Waals surface area contributed by atoms with E-state index in [2.05, 4.69) is 0 Å². The van der Waals surface area contributed by atoms with Crippen molar-refractivity contribution in [1.29, 1.82) is 0 Å². The van der Waals surface area contributed by atoms with Gasteiger partial charge in [0.2, 0.25) is 5.91 Å². The average Bonchev–Trinajstić information content (AvgIpc) is 2.84. The lowest BCUT2D eigenvalue weighted by atomic mass is 10.1. The molecule has 9 heteroatoms. The number of aliphatic carboxylic acids is 1. The van der Waals surface area contributed by atoms with Crippen LogP contribution >= 0.6 is 0 Å². The number of hydrogen-bond donors (Lipinski definition) is 1. The number of amides is 1. The van der Waals surface area contributed by atoms with E-state index in [0.29, 0.717) is 38.4 Å². The second kappa shape index (κ2) is 7.85. The zero-order chi connectivity index (χ0) is 19.6. The lowest BCUT2D eigenvalue weighted by molar-refractivity contribution is -0.139. The summed E-state index contributed by atoms with van der Waals surface area (Å²) in [6.45, 7) is 2.09. The molecule has 0 saturated carbocycles. The Morgan fingerprint density at radius 2 is 1.81 bits per heavy atom. The highest BCUT2D eigenvalue weighted by atomic mass is 19.4. The quantitative estimate of drug-likeness (QED) is 0.849. The molecule has 1 amide bonds. The first-order valence-corrected chi connectivity index (χ1v) is 8.70. The van der Waals surface area contributed by atoms with Crippen LogP contribution in [0.1, 0.15) is 11.1 Å². The lowest BCUT2D eigenvalue weighted by Gasteiger charge is -2.30. The average molecular weight is 386 g/mol. The second-order valence-electron chi connectivity index (χ2n) is 7.06. The van der Waals surface area contributed by atoms with Crippen molar-refractivity contribution in [2.45, 2.75) is 18.6 Å². The standard InChI is InChI=1S/C18H21F3N2O4/c19-18(20,21)14-3-1-12(2-4-14)5-16(24)23-7-13-6-22(9-17(25)26)8-15(23)11-27-10-13/h1-4,13,15H,5-11H2,(H,25,26)/t13-,15-/m0/s1. The molecule has 0 aliphatic carbocycles. The first-order valence-electron chi connectivity index (χ1n) is 8.70. The molecule has 2 atom stereocenters. The van der Waals surface area contributed by atoms with Gasteiger partial charge in [-0.25, -0.2) is 0 Å². The maximum atomic E-state index is 12.8. The minimum Gasteiger partial charge on any atom is -0.480 e. The van der Waals surface area contributed by atoms with Crippen LogP contribution in [-0.2, 0) is 26.9 Å². The van der Waals surface area contributed by atoms with Crippen LogP contribution < -0.4 is 0 Å². The summed E-state index contributed by atoms with van der Waals surface area (Å²) in [7, 11) is 0. The van der Waals surface area contributed by atoms with E-state index >= 15 is 0 Å². The van der Waals surface area contributed by atoms with Crippen molar-refractivity contribution in [2.75, 3.05) is 39.4 Å². The fourth-order valence-corrected chi connectivity index (χ4v) is 3.65. The molecule has 1 N–H and O–H groups in total. The summed E-state index contributed by atoms with van der Waals surface area (Å²) in [5, 5.41) is 9.04. The van der Waals surface area contributed by atoms with E-state index in [4.69, 9.17) is 9.84 Å². The summed E-state index contributed by atoms with van der Waals surface area (Å²) >= 11 is 0. The SMILES string of the molecule is O=C(O)CN1C[C@@H]2COC[C@H](C1)N(C(=O)Cc1ccc(C(F)(F)F)cc1)C2. The van der Waals surface area contributed by atoms with Gasteiger partial charge in [0.25, 0.3) is 0 Å². The van der Waals surface area contributed by atoms with Gasteiger partial charge in [-0.05, 0) is 17.7 Å². The van der Waals surface area contributed by atoms with Gasteiger partial charge in [-0.3, -0.25) is 14.5 Å². The first-order chi connectivity index (χ1) is 12.7. The zero-order valence-corrected chi connectivity index (χ0v) is 14.6. The summed E-state index contributed by atoms with van der Waals surface area (Å²) in [5.74, 6) is -1.10. The number of halogens is 3. The lowest BCUT2D eigenvalue weighted by Crippen LogP contribution is -2.47. The van der Waals surface area contributed by atoms with Crippen LogP contribution in [0.15, 0.2) is 24.3 Å². The topological polar surface area (TPSA) is 70.1 Å². The number of rotatable bonds is 4. The van der Waals surface area contributed by atoms with Crippen molar-refractivity contribution in [2.24, 2.45) is 5.92 Å². The third-order valence-electron chi connectivity index (χ3n) is 4.86. The first kappa shape index (κ1) is 19.6. The fraction of sp³-hybridized carbons (Fsp3) is 0.556. The van der Waals surface area contributed by atoms with Crippen molar-refractivity contribution in [3.8, 4) is 0 Å². The maximum Gasteiger partial charge on any atom is 0.416 e. The monoisotopic (exact) mass is 386 g/mol. The molecule has 0 spiro atoms. The van der Waals surface area contributed by atoms with Gasteiger partial charge in [-0.15, -0.1) is 0 Å². The molecule has 1 aromatic carbocycles. The van der Waals surface area contributed by atoms with Gasteiger partial charge in [0.15, 0.2) is 0 Å². The Labute approximate surface area is 154 Å². The summed E-state index contributed by atoms with van der Waals surface area (Å²) in [6.07, 6.45) is -4.41. The summed E-state index contributed by atoms with van der Waals surface area (Å²) in [6, 6.07) is 4.32. The second-order valence-corrected chi connectivity index (χ2v) is 7.06. The number of carboxylic acids is 1. The fourth-order valence-electron chi connectivity index (χ4n) is 3.65. The Hall–Kier alpha value is -2.13. The molecule has 1 aromatic rings. The van der Waals surface area contributed by atoms with Crippen LogP contribution in [0.25, 0.3) is 0 Å². The largest absolute Gasteiger partial charge is 0.480 e. The van der Waals surface area contributed by atoms with E-state index < -0.39 is 17.7 Å². The Morgan fingerprint density at radius 3 is 2.44 bits per heavy atom. The van der Waals surface area contributed by atoms with Crippen LogP contribution in [0.2, 0.25) is 0 Å². The molecule has 27 heavy (non-hydrogen) atoms. The normalized spacial score (nSPS) is 23.7. The van der Waals surface area contributed by atoms with Crippen molar-refractivity contribution < 1.29 is 32.6 Å². The zero-order valence-electron chi connectivity index (χ0n) is 14.6. The van der Waals surface area contributed by atoms with E-state index in [1.165, 1.54) is 12.1 Å². The molecular weight excluding hydrogens is 365 g/mol. The smallest absolute Gasteiger partial charge is 0.416 e. The van der Waals surface area contributed by atoms with Gasteiger partial charge < -0.3 is 14.7 Å². The number of nitrogens with zero attached hydrogens (tertiary/aromatic N) is 2. The van der Waals surface area contributed by atoms with Crippen LogP contribution in [0.3, 0.4) is 0 Å². The number of carbonyl (C=O) groups is 2. The molecule has 2 fully saturated rings. The third-order valence-corrected chi connectivity index (χ3v) is 4.86. The number of ether oxygens (including phenoxy) is 1. The van der Waals surface area contributed by atoms with E-state index in [1.54, 1.807) is 4.90 Å². The minimum absolute atomic E-state index is 0.000285. The van der Waals surface area contributed by atoms with Crippen molar-refractivity contribution in [3.63, 3.8) is 0 Å². The predicted octanol–water partition coefficient (Wildman–Crippen LogP) is 1.49. The number of benzene rings is 1. The Bertz CT molecular complexity index is 693. The number of alkyl halides is 3. The number of carbonyl (C=O) groups excluding carboxylic acids is 1. The van der Waals surface area contributed by atoms with E-state index in [9.17, 15) is 22.8 Å². The molecule has 148 valence electrons. The molecule has 0 aromatic heterocycles. The van der Waals surface area contributed by atoms with Gasteiger partial charge in [0, 0.05) is 25.6 Å². The predicted molar refractivity (Wildman–Crippen MR) is 89.0 cm³/mol. The number of carboxylic acid groups (broad SMARTS) is 1. The van der Waals surface area contributed by atoms with Crippen LogP contribution in [0.4, 0.5) is 13.2 Å². The highest BCUT2D eigenvalue weighted by molar-refractivity contribution is 5.79. The van der Waals surface area contributed by atoms with Gasteiger partial charge >= 0.3 is 12.1 Å². The summed E-state index contributed by atoms with van der Waals surface area (Å²) < 4.78 is 43.6. The highest BCUT2D eigenvalue weighted by Gasteiger charge is 2.36. The summed E-state index contributed by atoms with van der Waals surface area (Å²) in [4.78, 5) is 27.3. The van der Waals surface area contributed by atoms with Crippen molar-refractivity contribution in [3.05, 3.63) is 35.4 Å². The molecule has 3 rings (SSSR count). The summed E-state index contributed by atoms with van der Waals surface area (Å²) in [5.41, 5.74) is -0.239. The Morgan fingerprint density at radius 1 is 1.11 bits per heavy atom. The Kier molecular flexibility index (Phi) is 5.71. The van der Waals surface area contributed by atoms with Crippen LogP contribution in [-0.4, -0.2) is 72.2 Å². The van der Waals surface area contributed by atoms with Gasteiger partial charge in [-0.1, -0.05) is 12.1 Å². The number of hydrogen-bond acceptors (Lipinski definition) is 4. The minimum atomic E-state index is -4.41. The van der Waals surface area contributed by atoms with E-state index in [-0.39, 0.29) is 30.8 Å². The van der Waals surface area contributed by atoms with E-state index in [1.807, 2.05) is 4.90 Å². The number of fused-ring (bicyclic) bond motifs is 3.